The van der Waals surface area contributed by atoms with E-state index in [0.717, 1.165) is 5.69 Å². The molecule has 124 valence electrons. The average molecular weight is 364 g/mol. The first-order valence-electron chi connectivity index (χ1n) is 7.41. The lowest BCUT2D eigenvalue weighted by Crippen LogP contribution is -2.47. The Bertz CT molecular complexity index is 795. The van der Waals surface area contributed by atoms with E-state index in [-0.39, 0.29) is 23.4 Å². The fourth-order valence-electron chi connectivity index (χ4n) is 2.56. The van der Waals surface area contributed by atoms with Crippen LogP contribution in [0.3, 0.4) is 0 Å². The lowest BCUT2D eigenvalue weighted by molar-refractivity contribution is -0.120. The highest BCUT2D eigenvalue weighted by molar-refractivity contribution is 6.37. The molecule has 0 bridgehead atoms. The Morgan fingerprint density at radius 1 is 1.17 bits per heavy atom. The lowest BCUT2D eigenvalue weighted by atomic mass is 10.1. The van der Waals surface area contributed by atoms with Gasteiger partial charge in [0.2, 0.25) is 5.91 Å². The number of piperazine rings is 1. The van der Waals surface area contributed by atoms with Crippen LogP contribution in [0.25, 0.3) is 0 Å². The van der Waals surface area contributed by atoms with Crippen LogP contribution in [0.4, 0.5) is 11.4 Å². The maximum absolute atomic E-state index is 12.5. The molecule has 0 aromatic heterocycles. The van der Waals surface area contributed by atoms with Crippen molar-refractivity contribution in [2.75, 3.05) is 29.9 Å². The van der Waals surface area contributed by atoms with Gasteiger partial charge in [-0.1, -0.05) is 35.3 Å². The Labute approximate surface area is 149 Å². The molecule has 1 aliphatic rings. The van der Waals surface area contributed by atoms with Crippen LogP contribution < -0.4 is 15.5 Å². The van der Waals surface area contributed by atoms with Crippen molar-refractivity contribution in [3.05, 3.63) is 58.1 Å². The van der Waals surface area contributed by atoms with Crippen LogP contribution >= 0.6 is 23.2 Å². The third kappa shape index (κ3) is 3.63. The van der Waals surface area contributed by atoms with Crippen LogP contribution in [0.15, 0.2) is 42.5 Å². The number of amides is 2. The summed E-state index contributed by atoms with van der Waals surface area (Å²) in [6.07, 6.45) is 0. The summed E-state index contributed by atoms with van der Waals surface area (Å²) in [7, 11) is 0. The van der Waals surface area contributed by atoms with E-state index in [9.17, 15) is 9.59 Å². The molecular weight excluding hydrogens is 349 g/mol. The van der Waals surface area contributed by atoms with Gasteiger partial charge in [0, 0.05) is 18.1 Å². The zero-order valence-electron chi connectivity index (χ0n) is 12.7. The van der Waals surface area contributed by atoms with Crippen molar-refractivity contribution in [3.63, 3.8) is 0 Å². The van der Waals surface area contributed by atoms with Gasteiger partial charge in [-0.3, -0.25) is 9.59 Å². The molecule has 5 nitrogen and oxygen atoms in total. The largest absolute Gasteiger partial charge is 0.359 e. The normalized spacial score (nSPS) is 14.2. The Balaban J connectivity index is 1.85. The number of benzene rings is 2. The van der Waals surface area contributed by atoms with Gasteiger partial charge in [-0.05, 0) is 30.3 Å². The van der Waals surface area contributed by atoms with Crippen molar-refractivity contribution < 1.29 is 9.59 Å². The van der Waals surface area contributed by atoms with Crippen molar-refractivity contribution in [3.8, 4) is 0 Å². The molecule has 2 N–H and O–H groups in total. The van der Waals surface area contributed by atoms with Crippen LogP contribution in [-0.4, -0.2) is 31.4 Å². The van der Waals surface area contributed by atoms with Crippen LogP contribution in [0.2, 0.25) is 10.0 Å². The summed E-state index contributed by atoms with van der Waals surface area (Å²) >= 11 is 12.0. The molecule has 0 atom stereocenters. The van der Waals surface area contributed by atoms with Gasteiger partial charge in [-0.15, -0.1) is 0 Å². The molecule has 2 aromatic carbocycles. The summed E-state index contributed by atoms with van der Waals surface area (Å²) in [6.45, 7) is 1.51. The van der Waals surface area contributed by atoms with Crippen LogP contribution in [-0.2, 0) is 4.79 Å². The first-order chi connectivity index (χ1) is 11.5. The van der Waals surface area contributed by atoms with Gasteiger partial charge in [0.15, 0.2) is 0 Å². The van der Waals surface area contributed by atoms with Crippen molar-refractivity contribution >= 4 is 46.4 Å². The number of nitrogens with zero attached hydrogens (tertiary/aromatic N) is 1. The van der Waals surface area contributed by atoms with E-state index in [1.165, 1.54) is 6.07 Å². The Hall–Kier alpha value is -2.24. The van der Waals surface area contributed by atoms with Crippen LogP contribution in [0.1, 0.15) is 10.4 Å². The second-order valence-corrected chi connectivity index (χ2v) is 6.21. The molecule has 0 unspecified atom stereocenters. The van der Waals surface area contributed by atoms with E-state index >= 15 is 0 Å². The fourth-order valence-corrected chi connectivity index (χ4v) is 3.06. The molecule has 2 aromatic rings. The zero-order valence-corrected chi connectivity index (χ0v) is 14.2. The van der Waals surface area contributed by atoms with Crippen molar-refractivity contribution in [2.45, 2.75) is 0 Å². The summed E-state index contributed by atoms with van der Waals surface area (Å²) in [5, 5.41) is 6.40. The topological polar surface area (TPSA) is 61.4 Å². The van der Waals surface area contributed by atoms with E-state index < -0.39 is 0 Å². The molecule has 2 amide bonds. The lowest BCUT2D eigenvalue weighted by Gasteiger charge is -2.30. The SMILES string of the molecule is O=C1CN(c2ccccc2NC(=O)c2ccc(Cl)cc2Cl)CCN1. The van der Waals surface area contributed by atoms with Crippen LogP contribution in [0.5, 0.6) is 0 Å². The quantitative estimate of drug-likeness (QED) is 0.880. The minimum atomic E-state index is -0.328. The number of rotatable bonds is 3. The minimum absolute atomic E-state index is 0.0388. The van der Waals surface area contributed by atoms with Crippen molar-refractivity contribution in [1.29, 1.82) is 0 Å². The monoisotopic (exact) mass is 363 g/mol. The van der Waals surface area contributed by atoms with Gasteiger partial charge in [0.25, 0.3) is 5.91 Å². The molecule has 1 fully saturated rings. The second-order valence-electron chi connectivity index (χ2n) is 5.37. The maximum Gasteiger partial charge on any atom is 0.257 e. The molecule has 0 aliphatic carbocycles. The van der Waals surface area contributed by atoms with Crippen LogP contribution in [0, 0.1) is 0 Å². The van der Waals surface area contributed by atoms with E-state index in [0.29, 0.717) is 29.4 Å². The predicted molar refractivity (Wildman–Crippen MR) is 96.1 cm³/mol. The highest BCUT2D eigenvalue weighted by Gasteiger charge is 2.20. The van der Waals surface area contributed by atoms with Gasteiger partial charge in [-0.2, -0.15) is 0 Å². The number of anilines is 2. The Kier molecular flexibility index (Phi) is 4.92. The number of para-hydroxylation sites is 2. The molecule has 1 heterocycles. The maximum atomic E-state index is 12.5. The summed E-state index contributed by atoms with van der Waals surface area (Å²) < 4.78 is 0. The number of hydrogen-bond donors (Lipinski definition) is 2. The molecule has 3 rings (SSSR count). The minimum Gasteiger partial charge on any atom is -0.359 e. The number of nitrogens with one attached hydrogen (secondary N) is 2. The Morgan fingerprint density at radius 2 is 1.96 bits per heavy atom. The molecule has 24 heavy (non-hydrogen) atoms. The van der Waals surface area contributed by atoms with Gasteiger partial charge >= 0.3 is 0 Å². The van der Waals surface area contributed by atoms with Gasteiger partial charge in [-0.25, -0.2) is 0 Å². The third-order valence-corrected chi connectivity index (χ3v) is 4.25. The highest BCUT2D eigenvalue weighted by Crippen LogP contribution is 2.28. The third-order valence-electron chi connectivity index (χ3n) is 3.71. The van der Waals surface area contributed by atoms with E-state index in [4.69, 9.17) is 23.2 Å². The summed E-state index contributed by atoms with van der Waals surface area (Å²) in [6, 6.07) is 12.1. The molecular formula is C17H15Cl2N3O2. The van der Waals surface area contributed by atoms with Gasteiger partial charge in [0.05, 0.1) is 28.5 Å². The molecule has 1 aliphatic heterocycles. The first kappa shape index (κ1) is 16.6. The average Bonchev–Trinajstić information content (AvgIpc) is 2.55. The van der Waals surface area contributed by atoms with E-state index in [1.807, 2.05) is 23.1 Å². The predicted octanol–water partition coefficient (Wildman–Crippen LogP) is 3.18. The number of carbonyl (C=O) groups is 2. The smallest absolute Gasteiger partial charge is 0.257 e. The van der Waals surface area contributed by atoms with E-state index in [1.54, 1.807) is 18.2 Å². The Morgan fingerprint density at radius 3 is 2.71 bits per heavy atom. The van der Waals surface area contributed by atoms with Gasteiger partial charge < -0.3 is 15.5 Å². The van der Waals surface area contributed by atoms with Gasteiger partial charge in [0.1, 0.15) is 0 Å². The second kappa shape index (κ2) is 7.11. The van der Waals surface area contributed by atoms with Crippen molar-refractivity contribution in [2.24, 2.45) is 0 Å². The number of carbonyl (C=O) groups excluding carboxylic acids is 2. The first-order valence-corrected chi connectivity index (χ1v) is 8.17. The zero-order chi connectivity index (χ0) is 17.1. The molecule has 1 saturated heterocycles. The molecule has 0 saturated carbocycles. The molecule has 0 radical (unpaired) electrons. The summed E-state index contributed by atoms with van der Waals surface area (Å²) in [4.78, 5) is 26.0. The highest BCUT2D eigenvalue weighted by atomic mass is 35.5. The fraction of sp³-hybridized carbons (Fsp3) is 0.176. The standard InChI is InChI=1S/C17H15Cl2N3O2/c18-11-5-6-12(13(19)9-11)17(24)21-14-3-1-2-4-15(14)22-8-7-20-16(23)10-22/h1-6,9H,7-8,10H2,(H,20,23)(H,21,24). The molecule has 0 spiro atoms. The number of hydrogen-bond acceptors (Lipinski definition) is 3. The summed E-state index contributed by atoms with van der Waals surface area (Å²) in [5.74, 6) is -0.367. The van der Waals surface area contributed by atoms with E-state index in [2.05, 4.69) is 10.6 Å². The van der Waals surface area contributed by atoms with Crippen molar-refractivity contribution in [1.82, 2.24) is 5.32 Å². The molecule has 7 heteroatoms. The summed E-state index contributed by atoms with van der Waals surface area (Å²) in [5.41, 5.74) is 1.77. The number of halogens is 2.